The Bertz CT molecular complexity index is 416. The van der Waals surface area contributed by atoms with Crippen molar-refractivity contribution in [2.24, 2.45) is 11.7 Å². The van der Waals surface area contributed by atoms with E-state index in [0.29, 0.717) is 11.7 Å². The summed E-state index contributed by atoms with van der Waals surface area (Å²) in [6.07, 6.45) is 2.07. The average molecular weight is 299 g/mol. The summed E-state index contributed by atoms with van der Waals surface area (Å²) >= 11 is 7.39. The highest BCUT2D eigenvalue weighted by Crippen LogP contribution is 2.22. The van der Waals surface area contributed by atoms with Crippen molar-refractivity contribution in [1.29, 1.82) is 0 Å². The third kappa shape index (κ3) is 4.41. The van der Waals surface area contributed by atoms with Crippen molar-refractivity contribution in [3.8, 4) is 0 Å². The molecule has 2 N–H and O–H groups in total. The van der Waals surface area contributed by atoms with E-state index in [0.717, 1.165) is 42.4 Å². The molecule has 0 bridgehead atoms. The number of carbonyl (C=O) groups excluding carboxylic acids is 1. The SMILES string of the molecule is NCC1CCN(C(=O)CSc2ccc(Cl)cc2)CC1. The molecule has 1 fully saturated rings. The molecule has 0 saturated carbocycles. The summed E-state index contributed by atoms with van der Waals surface area (Å²) in [4.78, 5) is 15.1. The molecule has 0 aliphatic carbocycles. The van der Waals surface area contributed by atoms with Crippen molar-refractivity contribution in [2.45, 2.75) is 17.7 Å². The van der Waals surface area contributed by atoms with E-state index in [1.807, 2.05) is 29.2 Å². The van der Waals surface area contributed by atoms with Gasteiger partial charge in [-0.2, -0.15) is 0 Å². The predicted molar refractivity (Wildman–Crippen MR) is 80.5 cm³/mol. The molecule has 1 aliphatic rings. The Kier molecular flexibility index (Phi) is 5.55. The number of benzene rings is 1. The van der Waals surface area contributed by atoms with Crippen molar-refractivity contribution in [1.82, 2.24) is 4.90 Å². The van der Waals surface area contributed by atoms with E-state index in [1.54, 1.807) is 11.8 Å². The molecule has 0 radical (unpaired) electrons. The number of amides is 1. The number of halogens is 1. The maximum atomic E-state index is 12.1. The van der Waals surface area contributed by atoms with Crippen LogP contribution in [0, 0.1) is 5.92 Å². The van der Waals surface area contributed by atoms with E-state index in [-0.39, 0.29) is 5.91 Å². The van der Waals surface area contributed by atoms with Crippen molar-refractivity contribution in [2.75, 3.05) is 25.4 Å². The molecule has 1 amide bonds. The molecule has 0 spiro atoms. The average Bonchev–Trinajstić information content (AvgIpc) is 2.46. The lowest BCUT2D eigenvalue weighted by molar-refractivity contribution is -0.129. The van der Waals surface area contributed by atoms with Gasteiger partial charge in [0.1, 0.15) is 0 Å². The largest absolute Gasteiger partial charge is 0.342 e. The van der Waals surface area contributed by atoms with E-state index in [9.17, 15) is 4.79 Å². The lowest BCUT2D eigenvalue weighted by Crippen LogP contribution is -2.40. The van der Waals surface area contributed by atoms with Crippen LogP contribution >= 0.6 is 23.4 Å². The Labute approximate surface area is 123 Å². The van der Waals surface area contributed by atoms with Gasteiger partial charge in [-0.25, -0.2) is 0 Å². The molecule has 0 unspecified atom stereocenters. The monoisotopic (exact) mass is 298 g/mol. The number of hydrogen-bond acceptors (Lipinski definition) is 3. The quantitative estimate of drug-likeness (QED) is 0.869. The molecule has 1 aromatic carbocycles. The van der Waals surface area contributed by atoms with Gasteiger partial charge >= 0.3 is 0 Å². The van der Waals surface area contributed by atoms with E-state index in [2.05, 4.69) is 0 Å². The van der Waals surface area contributed by atoms with Crippen LogP contribution in [-0.2, 0) is 4.79 Å². The van der Waals surface area contributed by atoms with Crippen LogP contribution in [0.5, 0.6) is 0 Å². The minimum absolute atomic E-state index is 0.218. The predicted octanol–water partition coefficient (Wildman–Crippen LogP) is 2.63. The maximum absolute atomic E-state index is 12.1. The van der Waals surface area contributed by atoms with Crippen LogP contribution < -0.4 is 5.73 Å². The van der Waals surface area contributed by atoms with Crippen molar-refractivity contribution < 1.29 is 4.79 Å². The fourth-order valence-corrected chi connectivity index (χ4v) is 3.11. The molecule has 3 nitrogen and oxygen atoms in total. The Morgan fingerprint density at radius 3 is 2.53 bits per heavy atom. The zero-order valence-electron chi connectivity index (χ0n) is 10.8. The highest BCUT2D eigenvalue weighted by atomic mass is 35.5. The van der Waals surface area contributed by atoms with Crippen LogP contribution in [-0.4, -0.2) is 36.2 Å². The minimum atomic E-state index is 0.218. The first kappa shape index (κ1) is 14.7. The smallest absolute Gasteiger partial charge is 0.232 e. The maximum Gasteiger partial charge on any atom is 0.232 e. The van der Waals surface area contributed by atoms with Crippen molar-refractivity contribution in [3.05, 3.63) is 29.3 Å². The molecule has 1 heterocycles. The van der Waals surface area contributed by atoms with E-state index in [1.165, 1.54) is 0 Å². The van der Waals surface area contributed by atoms with Gasteiger partial charge in [-0.1, -0.05) is 11.6 Å². The second-order valence-corrected chi connectivity index (χ2v) is 6.29. The van der Waals surface area contributed by atoms with Gasteiger partial charge in [-0.3, -0.25) is 4.79 Å². The lowest BCUT2D eigenvalue weighted by atomic mass is 9.97. The van der Waals surface area contributed by atoms with Crippen molar-refractivity contribution in [3.63, 3.8) is 0 Å². The van der Waals surface area contributed by atoms with Gasteiger partial charge < -0.3 is 10.6 Å². The van der Waals surface area contributed by atoms with Gasteiger partial charge in [0.05, 0.1) is 5.75 Å². The number of thioether (sulfide) groups is 1. The summed E-state index contributed by atoms with van der Waals surface area (Å²) in [7, 11) is 0. The third-order valence-corrected chi connectivity index (χ3v) is 4.73. The molecular weight excluding hydrogens is 280 g/mol. The fourth-order valence-electron chi connectivity index (χ4n) is 2.19. The summed E-state index contributed by atoms with van der Waals surface area (Å²) in [6, 6.07) is 7.59. The topological polar surface area (TPSA) is 46.3 Å². The number of piperidine rings is 1. The van der Waals surface area contributed by atoms with Crippen LogP contribution in [0.25, 0.3) is 0 Å². The van der Waals surface area contributed by atoms with Crippen LogP contribution in [0.2, 0.25) is 5.02 Å². The Morgan fingerprint density at radius 1 is 1.32 bits per heavy atom. The summed E-state index contributed by atoms with van der Waals surface area (Å²) in [6.45, 7) is 2.44. The molecular formula is C14H19ClN2OS. The highest BCUT2D eigenvalue weighted by Gasteiger charge is 2.21. The van der Waals surface area contributed by atoms with E-state index in [4.69, 9.17) is 17.3 Å². The summed E-state index contributed by atoms with van der Waals surface area (Å²) in [5.74, 6) is 1.30. The number of likely N-dealkylation sites (tertiary alicyclic amines) is 1. The van der Waals surface area contributed by atoms with E-state index >= 15 is 0 Å². The molecule has 1 aromatic rings. The third-order valence-electron chi connectivity index (χ3n) is 3.48. The summed E-state index contributed by atoms with van der Waals surface area (Å²) < 4.78 is 0. The normalized spacial score (nSPS) is 16.6. The van der Waals surface area contributed by atoms with Crippen LogP contribution in [0.4, 0.5) is 0 Å². The fraction of sp³-hybridized carbons (Fsp3) is 0.500. The lowest BCUT2D eigenvalue weighted by Gasteiger charge is -2.31. The first-order valence-corrected chi connectivity index (χ1v) is 7.91. The van der Waals surface area contributed by atoms with Crippen LogP contribution in [0.3, 0.4) is 0 Å². The zero-order valence-corrected chi connectivity index (χ0v) is 12.4. The number of carbonyl (C=O) groups is 1. The molecule has 19 heavy (non-hydrogen) atoms. The number of rotatable bonds is 4. The Morgan fingerprint density at radius 2 is 1.95 bits per heavy atom. The standard InChI is InChI=1S/C14H19ClN2OS/c15-12-1-3-13(4-2-12)19-10-14(18)17-7-5-11(9-16)6-8-17/h1-4,11H,5-10,16H2. The van der Waals surface area contributed by atoms with Gasteiger partial charge in [0.25, 0.3) is 0 Å². The van der Waals surface area contributed by atoms with Crippen molar-refractivity contribution >= 4 is 29.3 Å². The van der Waals surface area contributed by atoms with Crippen LogP contribution in [0.1, 0.15) is 12.8 Å². The summed E-state index contributed by atoms with van der Waals surface area (Å²) in [5.41, 5.74) is 5.65. The molecule has 0 aromatic heterocycles. The highest BCUT2D eigenvalue weighted by molar-refractivity contribution is 8.00. The van der Waals surface area contributed by atoms with Gasteiger partial charge in [0, 0.05) is 23.0 Å². The zero-order chi connectivity index (χ0) is 13.7. The van der Waals surface area contributed by atoms with Gasteiger partial charge in [0.2, 0.25) is 5.91 Å². The summed E-state index contributed by atoms with van der Waals surface area (Å²) in [5, 5.41) is 0.722. The second kappa shape index (κ2) is 7.17. The number of hydrogen-bond donors (Lipinski definition) is 1. The Hall–Kier alpha value is -0.710. The van der Waals surface area contributed by atoms with Crippen LogP contribution in [0.15, 0.2) is 29.2 Å². The molecule has 104 valence electrons. The molecule has 0 atom stereocenters. The molecule has 1 saturated heterocycles. The van der Waals surface area contributed by atoms with Gasteiger partial charge in [-0.05, 0) is 49.6 Å². The van der Waals surface area contributed by atoms with Gasteiger partial charge in [0.15, 0.2) is 0 Å². The number of nitrogens with zero attached hydrogens (tertiary/aromatic N) is 1. The molecule has 2 rings (SSSR count). The number of nitrogens with two attached hydrogens (primary N) is 1. The van der Waals surface area contributed by atoms with E-state index < -0.39 is 0 Å². The molecule has 1 aliphatic heterocycles. The minimum Gasteiger partial charge on any atom is -0.342 e. The first-order valence-electron chi connectivity index (χ1n) is 6.55. The van der Waals surface area contributed by atoms with Gasteiger partial charge in [-0.15, -0.1) is 11.8 Å². The first-order chi connectivity index (χ1) is 9.19. The second-order valence-electron chi connectivity index (χ2n) is 4.80. The Balaban J connectivity index is 1.77. The molecule has 5 heteroatoms.